The lowest BCUT2D eigenvalue weighted by molar-refractivity contribution is -0.139. The topological polar surface area (TPSA) is 88.8 Å². The zero-order chi connectivity index (χ0) is 27.9. The number of aliphatic carboxylic acids is 1. The number of hydrogen-bond acceptors (Lipinski definition) is 5. The van der Waals surface area contributed by atoms with Gasteiger partial charge in [-0.2, -0.15) is 11.8 Å². The monoisotopic (exact) mass is 563 g/mol. The Morgan fingerprint density at radius 1 is 1.03 bits per heavy atom. The molecule has 0 aliphatic rings. The number of halogens is 1. The normalized spacial score (nSPS) is 12.6. The Bertz CT molecular complexity index is 1450. The second kappa shape index (κ2) is 13.0. The summed E-state index contributed by atoms with van der Waals surface area (Å²) in [6, 6.07) is 23.4. The van der Waals surface area contributed by atoms with Gasteiger partial charge in [0.05, 0.1) is 0 Å². The summed E-state index contributed by atoms with van der Waals surface area (Å²) in [7, 11) is 1.60. The first-order valence-electron chi connectivity index (χ1n) is 12.4. The van der Waals surface area contributed by atoms with E-state index in [1.807, 2.05) is 73.8 Å². The molecule has 2 N–H and O–H groups in total. The highest BCUT2D eigenvalue weighted by Gasteiger charge is 2.25. The summed E-state index contributed by atoms with van der Waals surface area (Å²) in [4.78, 5) is 25.2. The fourth-order valence-electron chi connectivity index (χ4n) is 4.43. The van der Waals surface area contributed by atoms with E-state index >= 15 is 0 Å². The molecule has 3 aromatic carbocycles. The molecule has 0 spiro atoms. The summed E-state index contributed by atoms with van der Waals surface area (Å²) < 4.78 is 12.0. The van der Waals surface area contributed by atoms with Gasteiger partial charge in [-0.05, 0) is 96.1 Å². The predicted octanol–water partition coefficient (Wildman–Crippen LogP) is 7.25. The Hall–Kier alpha value is -3.52. The van der Waals surface area contributed by atoms with Crippen LogP contribution < -0.4 is 5.32 Å². The van der Waals surface area contributed by atoms with Crippen LogP contribution in [0.15, 0.2) is 83.3 Å². The number of carboxylic acid groups (broad SMARTS) is 1. The van der Waals surface area contributed by atoms with E-state index in [0.717, 1.165) is 22.3 Å². The Morgan fingerprint density at radius 3 is 2.44 bits per heavy atom. The first-order chi connectivity index (χ1) is 18.8. The number of carboxylic acids is 1. The lowest BCUT2D eigenvalue weighted by Gasteiger charge is -2.19. The largest absolute Gasteiger partial charge is 0.480 e. The molecular formula is C31H30ClNO5S. The van der Waals surface area contributed by atoms with E-state index < -0.39 is 24.0 Å². The van der Waals surface area contributed by atoms with Gasteiger partial charge >= 0.3 is 5.97 Å². The fraction of sp³-hybridized carbons (Fsp3) is 0.226. The number of aryl methyl sites for hydroxylation is 1. The molecule has 1 heterocycles. The summed E-state index contributed by atoms with van der Waals surface area (Å²) in [5.41, 5.74) is 4.61. The van der Waals surface area contributed by atoms with E-state index in [4.69, 9.17) is 20.8 Å². The Kier molecular flexibility index (Phi) is 9.51. The van der Waals surface area contributed by atoms with Gasteiger partial charge in [0, 0.05) is 23.3 Å². The maximum Gasteiger partial charge on any atom is 0.326 e. The number of benzene rings is 3. The molecule has 0 aliphatic heterocycles. The quantitative estimate of drug-likeness (QED) is 0.200. The van der Waals surface area contributed by atoms with Crippen LogP contribution in [-0.4, -0.2) is 42.1 Å². The van der Waals surface area contributed by atoms with Gasteiger partial charge in [0.15, 0.2) is 0 Å². The summed E-state index contributed by atoms with van der Waals surface area (Å²) in [6.45, 7) is 1.97. The number of carbonyl (C=O) groups is 2. The van der Waals surface area contributed by atoms with Crippen molar-refractivity contribution in [1.29, 1.82) is 0 Å². The van der Waals surface area contributed by atoms with Crippen LogP contribution in [0.25, 0.3) is 22.5 Å². The number of methoxy groups -OCH3 is 1. The Balaban J connectivity index is 1.72. The molecule has 2 unspecified atom stereocenters. The van der Waals surface area contributed by atoms with Crippen LogP contribution in [0.1, 0.15) is 39.8 Å². The molecule has 1 aromatic heterocycles. The van der Waals surface area contributed by atoms with Crippen molar-refractivity contribution in [1.82, 2.24) is 5.32 Å². The summed E-state index contributed by atoms with van der Waals surface area (Å²) in [6.07, 6.45) is 1.71. The van der Waals surface area contributed by atoms with Gasteiger partial charge in [-0.25, -0.2) is 4.79 Å². The first-order valence-corrected chi connectivity index (χ1v) is 14.2. The average molecular weight is 564 g/mol. The standard InChI is InChI=1S/C31H30ClNO5S/c1-19-6-4-5-7-23(19)25-18-21(10-13-24(25)30(34)33-26(31(35)36)16-17-39-3)29(37-2)28-15-14-27(38-28)20-8-11-22(32)12-9-20/h4-15,18,26,29H,16-17H2,1-3H3,(H,33,34)(H,35,36). The molecule has 0 saturated heterocycles. The van der Waals surface area contributed by atoms with Gasteiger partial charge < -0.3 is 19.6 Å². The molecule has 0 fully saturated rings. The third kappa shape index (κ3) is 6.74. The minimum Gasteiger partial charge on any atom is -0.480 e. The highest BCUT2D eigenvalue weighted by atomic mass is 35.5. The third-order valence-corrected chi connectivity index (χ3v) is 7.39. The summed E-state index contributed by atoms with van der Waals surface area (Å²) >= 11 is 7.56. The van der Waals surface area contributed by atoms with Crippen LogP contribution >= 0.6 is 23.4 Å². The lowest BCUT2D eigenvalue weighted by atomic mass is 9.92. The Labute approximate surface area is 237 Å². The van der Waals surface area contributed by atoms with E-state index in [1.54, 1.807) is 25.3 Å². The lowest BCUT2D eigenvalue weighted by Crippen LogP contribution is -2.41. The summed E-state index contributed by atoms with van der Waals surface area (Å²) in [5.74, 6) is 0.421. The van der Waals surface area contributed by atoms with Crippen molar-refractivity contribution >= 4 is 35.2 Å². The highest BCUT2D eigenvalue weighted by Crippen LogP contribution is 2.35. The second-order valence-corrected chi connectivity index (χ2v) is 10.5. The van der Waals surface area contributed by atoms with Crippen molar-refractivity contribution in [3.05, 3.63) is 106 Å². The zero-order valence-corrected chi connectivity index (χ0v) is 23.5. The molecule has 4 aromatic rings. The third-order valence-electron chi connectivity index (χ3n) is 6.49. The molecule has 0 saturated carbocycles. The van der Waals surface area contributed by atoms with Crippen LogP contribution in [-0.2, 0) is 9.53 Å². The number of amides is 1. The molecule has 202 valence electrons. The minimum atomic E-state index is -1.06. The Morgan fingerprint density at radius 2 is 1.77 bits per heavy atom. The number of furan rings is 1. The van der Waals surface area contributed by atoms with Gasteiger partial charge in [0.1, 0.15) is 23.7 Å². The second-order valence-electron chi connectivity index (χ2n) is 9.09. The van der Waals surface area contributed by atoms with E-state index in [1.165, 1.54) is 11.8 Å². The predicted molar refractivity (Wildman–Crippen MR) is 157 cm³/mol. The first kappa shape index (κ1) is 28.5. The van der Waals surface area contributed by atoms with E-state index in [2.05, 4.69) is 5.32 Å². The molecule has 6 nitrogen and oxygen atoms in total. The molecule has 1 amide bonds. The van der Waals surface area contributed by atoms with Gasteiger partial charge in [-0.3, -0.25) is 4.79 Å². The summed E-state index contributed by atoms with van der Waals surface area (Å²) in [5, 5.41) is 13.0. The average Bonchev–Trinajstić information content (AvgIpc) is 3.41. The SMILES string of the molecule is COC(c1ccc(C(=O)NC(CCSC)C(=O)O)c(-c2ccccc2C)c1)c1ccc(-c2ccc(Cl)cc2)o1. The zero-order valence-electron chi connectivity index (χ0n) is 21.9. The molecule has 8 heteroatoms. The van der Waals surface area contributed by atoms with Crippen LogP contribution in [0.5, 0.6) is 0 Å². The number of ether oxygens (including phenoxy) is 1. The van der Waals surface area contributed by atoms with Crippen LogP contribution in [0.4, 0.5) is 0 Å². The number of nitrogens with one attached hydrogen (secondary N) is 1. The molecule has 0 aliphatic carbocycles. The maximum absolute atomic E-state index is 13.4. The van der Waals surface area contributed by atoms with Gasteiger partial charge in [0.25, 0.3) is 5.91 Å². The van der Waals surface area contributed by atoms with Crippen molar-refractivity contribution in [3.8, 4) is 22.5 Å². The van der Waals surface area contributed by atoms with E-state index in [-0.39, 0.29) is 0 Å². The van der Waals surface area contributed by atoms with Crippen LogP contribution in [0, 0.1) is 6.92 Å². The molecule has 2 atom stereocenters. The molecule has 39 heavy (non-hydrogen) atoms. The van der Waals surface area contributed by atoms with Crippen molar-refractivity contribution in [2.24, 2.45) is 0 Å². The maximum atomic E-state index is 13.4. The van der Waals surface area contributed by atoms with Crippen LogP contribution in [0.3, 0.4) is 0 Å². The molecule has 4 rings (SSSR count). The number of carbonyl (C=O) groups excluding carboxylic acids is 1. The van der Waals surface area contributed by atoms with Gasteiger partial charge in [-0.15, -0.1) is 0 Å². The number of rotatable bonds is 11. The highest BCUT2D eigenvalue weighted by molar-refractivity contribution is 7.98. The fourth-order valence-corrected chi connectivity index (χ4v) is 5.03. The van der Waals surface area contributed by atoms with E-state index in [9.17, 15) is 14.7 Å². The van der Waals surface area contributed by atoms with Gasteiger partial charge in [-0.1, -0.05) is 41.9 Å². The molecule has 0 radical (unpaired) electrons. The van der Waals surface area contributed by atoms with Crippen molar-refractivity contribution in [2.45, 2.75) is 25.5 Å². The molecule has 0 bridgehead atoms. The van der Waals surface area contributed by atoms with Gasteiger partial charge in [0.2, 0.25) is 0 Å². The minimum absolute atomic E-state index is 0.334. The number of thioether (sulfide) groups is 1. The van der Waals surface area contributed by atoms with Crippen LogP contribution in [0.2, 0.25) is 5.02 Å². The smallest absolute Gasteiger partial charge is 0.326 e. The van der Waals surface area contributed by atoms with Crippen molar-refractivity contribution < 1.29 is 23.8 Å². The number of hydrogen-bond donors (Lipinski definition) is 2. The molecular weight excluding hydrogens is 534 g/mol. The van der Waals surface area contributed by atoms with Crippen molar-refractivity contribution in [3.63, 3.8) is 0 Å². The van der Waals surface area contributed by atoms with E-state index in [0.29, 0.717) is 39.8 Å². The van der Waals surface area contributed by atoms with Crippen molar-refractivity contribution in [2.75, 3.05) is 19.1 Å².